The normalized spacial score (nSPS) is 12.6. The third-order valence-corrected chi connectivity index (χ3v) is 4.55. The number of halogens is 1. The van der Waals surface area contributed by atoms with Crippen LogP contribution in [0.15, 0.2) is 40.2 Å². The van der Waals surface area contributed by atoms with Gasteiger partial charge in [0.1, 0.15) is 0 Å². The van der Waals surface area contributed by atoms with Gasteiger partial charge in [-0.25, -0.2) is 0 Å². The van der Waals surface area contributed by atoms with Gasteiger partial charge in [0.2, 0.25) is 0 Å². The molecule has 1 atom stereocenters. The van der Waals surface area contributed by atoms with Crippen LogP contribution in [-0.4, -0.2) is 6.54 Å². The van der Waals surface area contributed by atoms with Crippen LogP contribution in [-0.2, 0) is 0 Å². The Balaban J connectivity index is 2.36. The molecule has 3 heteroatoms. The number of rotatable bonds is 5. The molecular weight excluding hydrogens is 306 g/mol. The summed E-state index contributed by atoms with van der Waals surface area (Å²) in [6.45, 7) is 5.37. The molecule has 1 N–H and O–H groups in total. The van der Waals surface area contributed by atoms with Gasteiger partial charge >= 0.3 is 0 Å². The summed E-state index contributed by atoms with van der Waals surface area (Å²) in [6.07, 6.45) is 1.14. The second-order valence-electron chi connectivity index (χ2n) is 4.43. The van der Waals surface area contributed by atoms with Crippen LogP contribution in [0.2, 0.25) is 0 Å². The molecule has 1 nitrogen and oxygen atoms in total. The molecule has 1 aromatic carbocycles. The molecule has 1 heterocycles. The van der Waals surface area contributed by atoms with Crippen molar-refractivity contribution in [3.8, 4) is 0 Å². The van der Waals surface area contributed by atoms with E-state index in [2.05, 4.69) is 70.8 Å². The van der Waals surface area contributed by atoms with Crippen LogP contribution in [0.25, 0.3) is 0 Å². The topological polar surface area (TPSA) is 12.0 Å². The van der Waals surface area contributed by atoms with Crippen molar-refractivity contribution in [1.82, 2.24) is 5.32 Å². The average molecular weight is 324 g/mol. The Labute approximate surface area is 121 Å². The van der Waals surface area contributed by atoms with Crippen molar-refractivity contribution in [2.75, 3.05) is 6.54 Å². The Morgan fingerprint density at radius 1 is 1.33 bits per heavy atom. The molecule has 0 aliphatic carbocycles. The van der Waals surface area contributed by atoms with E-state index in [0.29, 0.717) is 6.04 Å². The maximum Gasteiger partial charge on any atom is 0.0682 e. The predicted molar refractivity (Wildman–Crippen MR) is 83.3 cm³/mol. The van der Waals surface area contributed by atoms with E-state index in [0.717, 1.165) is 13.0 Å². The lowest BCUT2D eigenvalue weighted by molar-refractivity contribution is 0.604. The first-order valence-electron chi connectivity index (χ1n) is 6.25. The molecule has 1 aromatic heterocycles. The van der Waals surface area contributed by atoms with Crippen LogP contribution in [0.3, 0.4) is 0 Å². The number of thiophene rings is 1. The number of benzene rings is 1. The molecule has 2 rings (SSSR count). The minimum atomic E-state index is 0.291. The Bertz CT molecular complexity index is 493. The first-order chi connectivity index (χ1) is 8.72. The van der Waals surface area contributed by atoms with Crippen molar-refractivity contribution in [2.45, 2.75) is 26.3 Å². The van der Waals surface area contributed by atoms with Gasteiger partial charge < -0.3 is 5.32 Å². The summed E-state index contributed by atoms with van der Waals surface area (Å²) in [5, 5.41) is 5.78. The Morgan fingerprint density at radius 2 is 2.17 bits per heavy atom. The van der Waals surface area contributed by atoms with Crippen molar-refractivity contribution in [1.29, 1.82) is 0 Å². The summed E-state index contributed by atoms with van der Waals surface area (Å²) in [5.41, 5.74) is 2.62. The van der Waals surface area contributed by atoms with E-state index in [1.807, 2.05) is 11.3 Å². The molecule has 0 aliphatic rings. The lowest BCUT2D eigenvalue weighted by Gasteiger charge is -2.19. The van der Waals surface area contributed by atoms with Crippen LogP contribution in [0.1, 0.15) is 35.4 Å². The fourth-order valence-corrected chi connectivity index (χ4v) is 3.29. The third kappa shape index (κ3) is 3.22. The minimum absolute atomic E-state index is 0.291. The summed E-state index contributed by atoms with van der Waals surface area (Å²) in [6, 6.07) is 11.1. The summed E-state index contributed by atoms with van der Waals surface area (Å²) in [5.74, 6) is 0. The highest BCUT2D eigenvalue weighted by molar-refractivity contribution is 9.10. The van der Waals surface area contributed by atoms with E-state index in [4.69, 9.17) is 0 Å². The SMILES string of the molecule is CCCNC(c1cccs1)c1cc(C)ccc1Br. The summed E-state index contributed by atoms with van der Waals surface area (Å²) in [4.78, 5) is 1.37. The highest BCUT2D eigenvalue weighted by Gasteiger charge is 2.17. The highest BCUT2D eigenvalue weighted by atomic mass is 79.9. The monoisotopic (exact) mass is 323 g/mol. The Kier molecular flexibility index (Phi) is 4.98. The second kappa shape index (κ2) is 6.50. The summed E-state index contributed by atoms with van der Waals surface area (Å²) >= 11 is 5.48. The molecule has 1 unspecified atom stereocenters. The highest BCUT2D eigenvalue weighted by Crippen LogP contribution is 2.31. The molecule has 0 fully saturated rings. The van der Waals surface area contributed by atoms with Gasteiger partial charge in [-0.1, -0.05) is 46.6 Å². The van der Waals surface area contributed by atoms with Gasteiger partial charge in [-0.2, -0.15) is 0 Å². The van der Waals surface area contributed by atoms with Crippen LogP contribution < -0.4 is 5.32 Å². The molecular formula is C15H18BrNS. The van der Waals surface area contributed by atoms with Gasteiger partial charge in [-0.3, -0.25) is 0 Å². The number of hydrogen-bond donors (Lipinski definition) is 1. The van der Waals surface area contributed by atoms with E-state index in [-0.39, 0.29) is 0 Å². The van der Waals surface area contributed by atoms with Gasteiger partial charge in [0, 0.05) is 9.35 Å². The molecule has 18 heavy (non-hydrogen) atoms. The van der Waals surface area contributed by atoms with Crippen molar-refractivity contribution in [2.24, 2.45) is 0 Å². The fraction of sp³-hybridized carbons (Fsp3) is 0.333. The van der Waals surface area contributed by atoms with E-state index in [1.165, 1.54) is 20.5 Å². The molecule has 0 spiro atoms. The van der Waals surface area contributed by atoms with Gasteiger partial charge in [0.05, 0.1) is 6.04 Å². The summed E-state index contributed by atoms with van der Waals surface area (Å²) < 4.78 is 1.18. The number of nitrogens with one attached hydrogen (secondary N) is 1. The first kappa shape index (κ1) is 13.8. The van der Waals surface area contributed by atoms with Gasteiger partial charge in [-0.15, -0.1) is 11.3 Å². The molecule has 0 radical (unpaired) electrons. The molecule has 96 valence electrons. The van der Waals surface area contributed by atoms with Gasteiger partial charge in [-0.05, 0) is 43.0 Å². The van der Waals surface area contributed by atoms with Crippen LogP contribution >= 0.6 is 27.3 Å². The molecule has 0 bridgehead atoms. The number of hydrogen-bond acceptors (Lipinski definition) is 2. The van der Waals surface area contributed by atoms with Crippen molar-refractivity contribution >= 4 is 27.3 Å². The molecule has 0 saturated carbocycles. The zero-order chi connectivity index (χ0) is 13.0. The average Bonchev–Trinajstić information content (AvgIpc) is 2.88. The van der Waals surface area contributed by atoms with E-state index < -0.39 is 0 Å². The lowest BCUT2D eigenvalue weighted by Crippen LogP contribution is -2.22. The third-order valence-electron chi connectivity index (χ3n) is 2.89. The smallest absolute Gasteiger partial charge is 0.0682 e. The summed E-state index contributed by atoms with van der Waals surface area (Å²) in [7, 11) is 0. The molecule has 0 aliphatic heterocycles. The zero-order valence-corrected chi connectivity index (χ0v) is 13.1. The van der Waals surface area contributed by atoms with Gasteiger partial charge in [0.15, 0.2) is 0 Å². The first-order valence-corrected chi connectivity index (χ1v) is 7.92. The van der Waals surface area contributed by atoms with E-state index >= 15 is 0 Å². The van der Waals surface area contributed by atoms with Crippen molar-refractivity contribution < 1.29 is 0 Å². The zero-order valence-electron chi connectivity index (χ0n) is 10.7. The quantitative estimate of drug-likeness (QED) is 0.824. The fourth-order valence-electron chi connectivity index (χ4n) is 1.99. The molecule has 0 amide bonds. The van der Waals surface area contributed by atoms with E-state index in [9.17, 15) is 0 Å². The Hall–Kier alpha value is -0.640. The molecule has 0 saturated heterocycles. The largest absolute Gasteiger partial charge is 0.306 e. The lowest BCUT2D eigenvalue weighted by atomic mass is 10.0. The van der Waals surface area contributed by atoms with Crippen molar-refractivity contribution in [3.63, 3.8) is 0 Å². The minimum Gasteiger partial charge on any atom is -0.306 e. The van der Waals surface area contributed by atoms with E-state index in [1.54, 1.807) is 0 Å². The Morgan fingerprint density at radius 3 is 2.83 bits per heavy atom. The molecule has 2 aromatic rings. The van der Waals surface area contributed by atoms with Crippen LogP contribution in [0.4, 0.5) is 0 Å². The predicted octanol–water partition coefficient (Wildman–Crippen LogP) is 4.91. The van der Waals surface area contributed by atoms with Crippen molar-refractivity contribution in [3.05, 3.63) is 56.2 Å². The standard InChI is InChI=1S/C15H18BrNS/c1-3-8-17-15(14-5-4-9-18-14)12-10-11(2)6-7-13(12)16/h4-7,9-10,15,17H,3,8H2,1-2H3. The maximum atomic E-state index is 3.67. The van der Waals surface area contributed by atoms with Gasteiger partial charge in [0.25, 0.3) is 0 Å². The van der Waals surface area contributed by atoms with Crippen LogP contribution in [0, 0.1) is 6.92 Å². The maximum absolute atomic E-state index is 3.67. The van der Waals surface area contributed by atoms with Crippen LogP contribution in [0.5, 0.6) is 0 Å². The second-order valence-corrected chi connectivity index (χ2v) is 6.26. The number of aryl methyl sites for hydroxylation is 1.